The molecule has 1 aromatic heterocycles. The second kappa shape index (κ2) is 4.82. The summed E-state index contributed by atoms with van der Waals surface area (Å²) >= 11 is 0. The van der Waals surface area contributed by atoms with Gasteiger partial charge in [-0.1, -0.05) is 32.0 Å². The molecule has 0 saturated heterocycles. The van der Waals surface area contributed by atoms with Gasteiger partial charge in [-0.25, -0.2) is 4.98 Å². The quantitative estimate of drug-likeness (QED) is 0.881. The second-order valence-electron chi connectivity index (χ2n) is 4.07. The van der Waals surface area contributed by atoms with Crippen LogP contribution >= 0.6 is 0 Å². The number of nitrogens with zero attached hydrogens (tertiary/aromatic N) is 1. The number of para-hydroxylation sites is 1. The Balaban J connectivity index is 2.22. The number of benzene rings is 1. The van der Waals surface area contributed by atoms with E-state index in [2.05, 4.69) is 24.1 Å². The Morgan fingerprint density at radius 2 is 2.12 bits per heavy atom. The summed E-state index contributed by atoms with van der Waals surface area (Å²) in [6.07, 6.45) is 2.57. The average Bonchev–Trinajstić information content (AvgIpc) is 2.83. The zero-order valence-corrected chi connectivity index (χ0v) is 9.81. The van der Waals surface area contributed by atoms with Crippen LogP contribution in [-0.4, -0.2) is 10.9 Å². The second-order valence-corrected chi connectivity index (χ2v) is 4.07. The number of hydrogen-bond acceptors (Lipinski definition) is 3. The van der Waals surface area contributed by atoms with Gasteiger partial charge < -0.3 is 9.73 Å². The molecule has 0 radical (unpaired) electrons. The predicted octanol–water partition coefficient (Wildman–Crippen LogP) is 3.05. The van der Waals surface area contributed by atoms with Gasteiger partial charge in [-0.2, -0.15) is 0 Å². The van der Waals surface area contributed by atoms with Gasteiger partial charge in [0.2, 0.25) is 0 Å². The van der Waals surface area contributed by atoms with E-state index >= 15 is 0 Å². The molecule has 17 heavy (non-hydrogen) atoms. The number of aromatic nitrogens is 1. The molecule has 0 aliphatic carbocycles. The summed E-state index contributed by atoms with van der Waals surface area (Å²) in [5, 5.41) is 2.83. The van der Waals surface area contributed by atoms with E-state index in [-0.39, 0.29) is 11.6 Å². The van der Waals surface area contributed by atoms with Crippen LogP contribution < -0.4 is 5.32 Å². The van der Waals surface area contributed by atoms with E-state index in [1.807, 2.05) is 24.3 Å². The largest absolute Gasteiger partial charge is 0.451 e. The highest BCUT2D eigenvalue weighted by molar-refractivity contribution is 6.03. The van der Waals surface area contributed by atoms with Gasteiger partial charge in [0, 0.05) is 5.69 Å². The van der Waals surface area contributed by atoms with Crippen LogP contribution in [-0.2, 0) is 0 Å². The van der Waals surface area contributed by atoms with Crippen molar-refractivity contribution in [1.82, 2.24) is 4.98 Å². The van der Waals surface area contributed by atoms with E-state index in [0.717, 1.165) is 11.3 Å². The van der Waals surface area contributed by atoms with Gasteiger partial charge in [-0.05, 0) is 17.5 Å². The molecule has 0 atom stereocenters. The molecule has 1 amide bonds. The zero-order chi connectivity index (χ0) is 12.3. The molecule has 1 N–H and O–H groups in total. The normalized spacial score (nSPS) is 10.5. The van der Waals surface area contributed by atoms with Gasteiger partial charge in [-0.15, -0.1) is 0 Å². The van der Waals surface area contributed by atoms with Crippen molar-refractivity contribution in [3.63, 3.8) is 0 Å². The van der Waals surface area contributed by atoms with E-state index in [4.69, 9.17) is 4.42 Å². The molecular weight excluding hydrogens is 216 g/mol. The zero-order valence-electron chi connectivity index (χ0n) is 9.81. The third kappa shape index (κ3) is 2.53. The Labute approximate surface area is 99.7 Å². The highest BCUT2D eigenvalue weighted by Crippen LogP contribution is 2.23. The van der Waals surface area contributed by atoms with Crippen LogP contribution in [0.1, 0.15) is 35.8 Å². The monoisotopic (exact) mass is 230 g/mol. The van der Waals surface area contributed by atoms with Crippen molar-refractivity contribution in [2.24, 2.45) is 0 Å². The van der Waals surface area contributed by atoms with Gasteiger partial charge in [0.15, 0.2) is 12.1 Å². The Hall–Kier alpha value is -2.10. The third-order valence-electron chi connectivity index (χ3n) is 2.50. The lowest BCUT2D eigenvalue weighted by atomic mass is 10.0. The topological polar surface area (TPSA) is 55.1 Å². The number of carbonyl (C=O) groups excluding carboxylic acids is 1. The molecule has 0 aliphatic rings. The smallest absolute Gasteiger partial charge is 0.277 e. The molecule has 1 aromatic carbocycles. The number of carbonyl (C=O) groups is 1. The third-order valence-corrected chi connectivity index (χ3v) is 2.50. The molecule has 0 unspecified atom stereocenters. The highest BCUT2D eigenvalue weighted by Gasteiger charge is 2.12. The van der Waals surface area contributed by atoms with Crippen molar-refractivity contribution in [2.45, 2.75) is 19.8 Å². The van der Waals surface area contributed by atoms with E-state index in [1.165, 1.54) is 12.7 Å². The highest BCUT2D eigenvalue weighted by atomic mass is 16.3. The molecule has 4 heteroatoms. The molecule has 0 bridgehead atoms. The molecule has 1 heterocycles. The maximum atomic E-state index is 11.8. The molecule has 0 fully saturated rings. The molecule has 0 spiro atoms. The summed E-state index contributed by atoms with van der Waals surface area (Å²) in [6.45, 7) is 4.17. The van der Waals surface area contributed by atoms with E-state index in [1.54, 1.807) is 0 Å². The minimum Gasteiger partial charge on any atom is -0.451 e. The van der Waals surface area contributed by atoms with Crippen molar-refractivity contribution in [3.05, 3.63) is 48.2 Å². The molecular formula is C13H14N2O2. The Morgan fingerprint density at radius 1 is 1.35 bits per heavy atom. The van der Waals surface area contributed by atoms with Crippen molar-refractivity contribution in [2.75, 3.05) is 5.32 Å². The minimum atomic E-state index is -0.258. The molecule has 2 aromatic rings. The molecule has 2 rings (SSSR count). The maximum absolute atomic E-state index is 11.8. The number of amides is 1. The first-order valence-corrected chi connectivity index (χ1v) is 5.47. The summed E-state index contributed by atoms with van der Waals surface area (Å²) in [5.41, 5.74) is 2.20. The Kier molecular flexibility index (Phi) is 3.23. The number of rotatable bonds is 3. The van der Waals surface area contributed by atoms with E-state index in [0.29, 0.717) is 5.92 Å². The summed E-state index contributed by atoms with van der Waals surface area (Å²) in [5.74, 6) is 0.0932. The summed E-state index contributed by atoms with van der Waals surface area (Å²) in [4.78, 5) is 15.6. The Morgan fingerprint density at radius 3 is 2.76 bits per heavy atom. The lowest BCUT2D eigenvalue weighted by Crippen LogP contribution is -2.13. The lowest BCUT2D eigenvalue weighted by molar-refractivity contribution is 0.102. The molecule has 0 saturated carbocycles. The van der Waals surface area contributed by atoms with E-state index in [9.17, 15) is 4.79 Å². The number of hydrogen-bond donors (Lipinski definition) is 1. The average molecular weight is 230 g/mol. The standard InChI is InChI=1S/C13H14N2O2/c1-9(2)10-5-3-4-6-11(10)15-13(16)12-7-17-8-14-12/h3-9H,1-2H3,(H,15,16). The van der Waals surface area contributed by atoms with Crippen molar-refractivity contribution in [1.29, 1.82) is 0 Å². The maximum Gasteiger partial charge on any atom is 0.277 e. The minimum absolute atomic E-state index is 0.258. The van der Waals surface area contributed by atoms with Crippen LogP contribution in [0.3, 0.4) is 0 Å². The van der Waals surface area contributed by atoms with Gasteiger partial charge in [0.05, 0.1) is 0 Å². The van der Waals surface area contributed by atoms with Crippen LogP contribution in [0.25, 0.3) is 0 Å². The number of nitrogens with one attached hydrogen (secondary N) is 1. The van der Waals surface area contributed by atoms with Gasteiger partial charge in [0.1, 0.15) is 6.26 Å². The van der Waals surface area contributed by atoms with Crippen LogP contribution in [0.5, 0.6) is 0 Å². The first-order valence-electron chi connectivity index (χ1n) is 5.47. The fraction of sp³-hybridized carbons (Fsp3) is 0.231. The lowest BCUT2D eigenvalue weighted by Gasteiger charge is -2.12. The van der Waals surface area contributed by atoms with Crippen molar-refractivity contribution in [3.8, 4) is 0 Å². The number of oxazole rings is 1. The first-order chi connectivity index (χ1) is 8.18. The summed E-state index contributed by atoms with van der Waals surface area (Å²) in [6, 6.07) is 7.74. The van der Waals surface area contributed by atoms with Gasteiger partial charge >= 0.3 is 0 Å². The first kappa shape index (κ1) is 11.4. The molecule has 0 aliphatic heterocycles. The van der Waals surface area contributed by atoms with Crippen molar-refractivity contribution < 1.29 is 9.21 Å². The SMILES string of the molecule is CC(C)c1ccccc1NC(=O)c1cocn1. The van der Waals surface area contributed by atoms with Crippen LogP contribution in [0.15, 0.2) is 41.3 Å². The number of anilines is 1. The van der Waals surface area contributed by atoms with Crippen LogP contribution in [0.4, 0.5) is 5.69 Å². The summed E-state index contributed by atoms with van der Waals surface area (Å²) < 4.78 is 4.78. The molecule has 4 nitrogen and oxygen atoms in total. The molecule has 88 valence electrons. The van der Waals surface area contributed by atoms with Gasteiger partial charge in [0.25, 0.3) is 5.91 Å². The van der Waals surface area contributed by atoms with Crippen LogP contribution in [0, 0.1) is 0 Å². The van der Waals surface area contributed by atoms with E-state index < -0.39 is 0 Å². The predicted molar refractivity (Wildman–Crippen MR) is 65.0 cm³/mol. The van der Waals surface area contributed by atoms with Gasteiger partial charge in [-0.3, -0.25) is 4.79 Å². The Bertz CT molecular complexity index is 504. The fourth-order valence-electron chi connectivity index (χ4n) is 1.63. The van der Waals surface area contributed by atoms with Crippen molar-refractivity contribution >= 4 is 11.6 Å². The fourth-order valence-corrected chi connectivity index (χ4v) is 1.63. The van der Waals surface area contributed by atoms with Crippen LogP contribution in [0.2, 0.25) is 0 Å². The summed E-state index contributed by atoms with van der Waals surface area (Å²) in [7, 11) is 0.